The van der Waals surface area contributed by atoms with Gasteiger partial charge >= 0.3 is 0 Å². The molecule has 0 fully saturated rings. The van der Waals surface area contributed by atoms with E-state index in [-0.39, 0.29) is 18.4 Å². The van der Waals surface area contributed by atoms with Crippen molar-refractivity contribution in [2.45, 2.75) is 45.6 Å². The molecule has 6 nitrogen and oxygen atoms in total. The van der Waals surface area contributed by atoms with Gasteiger partial charge in [0.15, 0.2) is 0 Å². The highest BCUT2D eigenvalue weighted by Gasteiger charge is 2.27. The van der Waals surface area contributed by atoms with Gasteiger partial charge in [0, 0.05) is 23.9 Å². The Labute approximate surface area is 158 Å². The van der Waals surface area contributed by atoms with Crippen molar-refractivity contribution in [1.29, 1.82) is 0 Å². The minimum Gasteiger partial charge on any atom is -0.441 e. The van der Waals surface area contributed by atoms with Gasteiger partial charge in [-0.2, -0.15) is 5.10 Å². The van der Waals surface area contributed by atoms with E-state index in [4.69, 9.17) is 4.42 Å². The standard InChI is InChI=1S/C21H24N4O2/c1-13-20-16(10-7-11-18(20)25(3)24-13)22-19(26)12-17-14(2)27-21(23-17)15-8-5-4-6-9-15/h4-6,8-9,16H,7,10-12H2,1-3H3,(H,22,26). The smallest absolute Gasteiger partial charge is 0.226 e. The molecule has 2 aromatic heterocycles. The van der Waals surface area contributed by atoms with Crippen LogP contribution in [0.4, 0.5) is 0 Å². The summed E-state index contributed by atoms with van der Waals surface area (Å²) in [5, 5.41) is 7.70. The SMILES string of the molecule is Cc1nn(C)c2c1C(NC(=O)Cc1nc(-c3ccccc3)oc1C)CCC2. The minimum absolute atomic E-state index is 0.0238. The molecule has 1 aliphatic carbocycles. The summed E-state index contributed by atoms with van der Waals surface area (Å²) in [6.07, 6.45) is 3.23. The van der Waals surface area contributed by atoms with Gasteiger partial charge in [-0.15, -0.1) is 0 Å². The number of carbonyl (C=O) groups excluding carboxylic acids is 1. The Balaban J connectivity index is 1.49. The van der Waals surface area contributed by atoms with Crippen LogP contribution in [0.25, 0.3) is 11.5 Å². The Morgan fingerprint density at radius 3 is 2.85 bits per heavy atom. The van der Waals surface area contributed by atoms with E-state index in [0.29, 0.717) is 17.3 Å². The van der Waals surface area contributed by atoms with E-state index in [2.05, 4.69) is 15.4 Å². The van der Waals surface area contributed by atoms with Crippen LogP contribution in [0.15, 0.2) is 34.7 Å². The molecule has 0 aliphatic heterocycles. The molecule has 1 amide bonds. The summed E-state index contributed by atoms with van der Waals surface area (Å²) in [6.45, 7) is 3.86. The van der Waals surface area contributed by atoms with E-state index in [0.717, 1.165) is 30.5 Å². The third-order valence-corrected chi connectivity index (χ3v) is 5.22. The molecule has 0 spiro atoms. The largest absolute Gasteiger partial charge is 0.441 e. The topological polar surface area (TPSA) is 73.0 Å². The number of nitrogens with zero attached hydrogens (tertiary/aromatic N) is 3. The quantitative estimate of drug-likeness (QED) is 0.770. The van der Waals surface area contributed by atoms with Crippen LogP contribution < -0.4 is 5.32 Å². The Morgan fingerprint density at radius 2 is 2.07 bits per heavy atom. The van der Waals surface area contributed by atoms with Crippen LogP contribution in [0.1, 0.15) is 47.3 Å². The van der Waals surface area contributed by atoms with Crippen molar-refractivity contribution in [3.05, 3.63) is 58.7 Å². The van der Waals surface area contributed by atoms with Crippen molar-refractivity contribution >= 4 is 5.91 Å². The number of aryl methyl sites for hydroxylation is 3. The predicted octanol–water partition coefficient (Wildman–Crippen LogP) is 3.43. The molecule has 27 heavy (non-hydrogen) atoms. The lowest BCUT2D eigenvalue weighted by Gasteiger charge is -2.24. The molecule has 1 aromatic carbocycles. The fourth-order valence-corrected chi connectivity index (χ4v) is 3.93. The molecule has 4 rings (SSSR count). The van der Waals surface area contributed by atoms with E-state index >= 15 is 0 Å². The van der Waals surface area contributed by atoms with E-state index in [1.54, 1.807) is 0 Å². The van der Waals surface area contributed by atoms with E-state index in [1.807, 2.05) is 55.9 Å². The number of oxazole rings is 1. The molecule has 1 aliphatic rings. The first-order valence-corrected chi connectivity index (χ1v) is 9.36. The number of hydrogen-bond donors (Lipinski definition) is 1. The number of fused-ring (bicyclic) bond motifs is 1. The number of carbonyl (C=O) groups is 1. The Hall–Kier alpha value is -2.89. The predicted molar refractivity (Wildman–Crippen MR) is 102 cm³/mol. The van der Waals surface area contributed by atoms with Crippen molar-refractivity contribution in [3.63, 3.8) is 0 Å². The molecule has 1 unspecified atom stereocenters. The lowest BCUT2D eigenvalue weighted by Crippen LogP contribution is -2.32. The zero-order chi connectivity index (χ0) is 19.0. The van der Waals surface area contributed by atoms with Gasteiger partial charge in [-0.25, -0.2) is 4.98 Å². The number of amides is 1. The van der Waals surface area contributed by atoms with Crippen LogP contribution in [0.5, 0.6) is 0 Å². The van der Waals surface area contributed by atoms with Crippen molar-refractivity contribution in [3.8, 4) is 11.5 Å². The normalized spacial score (nSPS) is 16.2. The average molecular weight is 364 g/mol. The van der Waals surface area contributed by atoms with Gasteiger partial charge in [0.1, 0.15) is 5.76 Å². The first kappa shape index (κ1) is 17.5. The summed E-state index contributed by atoms with van der Waals surface area (Å²) in [5.41, 5.74) is 5.01. The average Bonchev–Trinajstić information content (AvgIpc) is 3.16. The Kier molecular flexibility index (Phi) is 4.56. The Morgan fingerprint density at radius 1 is 1.30 bits per heavy atom. The monoisotopic (exact) mass is 364 g/mol. The highest BCUT2D eigenvalue weighted by molar-refractivity contribution is 5.79. The summed E-state index contributed by atoms with van der Waals surface area (Å²) < 4.78 is 7.71. The molecule has 0 saturated heterocycles. The summed E-state index contributed by atoms with van der Waals surface area (Å²) in [5.74, 6) is 1.21. The molecular weight excluding hydrogens is 340 g/mol. The van der Waals surface area contributed by atoms with Crippen molar-refractivity contribution < 1.29 is 9.21 Å². The lowest BCUT2D eigenvalue weighted by atomic mass is 9.91. The van der Waals surface area contributed by atoms with Crippen LogP contribution in [0.3, 0.4) is 0 Å². The summed E-state index contributed by atoms with van der Waals surface area (Å²) in [6, 6.07) is 9.76. The third kappa shape index (κ3) is 3.39. The second kappa shape index (κ2) is 7.02. The number of benzene rings is 1. The van der Waals surface area contributed by atoms with Gasteiger partial charge in [0.05, 0.1) is 23.9 Å². The van der Waals surface area contributed by atoms with E-state index in [9.17, 15) is 4.79 Å². The highest BCUT2D eigenvalue weighted by atomic mass is 16.4. The minimum atomic E-state index is -0.0351. The summed E-state index contributed by atoms with van der Waals surface area (Å²) in [7, 11) is 1.97. The maximum absolute atomic E-state index is 12.7. The van der Waals surface area contributed by atoms with Crippen LogP contribution in [-0.4, -0.2) is 20.7 Å². The molecule has 2 heterocycles. The summed E-state index contributed by atoms with van der Waals surface area (Å²) in [4.78, 5) is 17.2. The third-order valence-electron chi connectivity index (χ3n) is 5.22. The number of rotatable bonds is 4. The van der Waals surface area contributed by atoms with Crippen LogP contribution in [0, 0.1) is 13.8 Å². The molecule has 6 heteroatoms. The second-order valence-electron chi connectivity index (χ2n) is 7.15. The van der Waals surface area contributed by atoms with Crippen molar-refractivity contribution in [2.75, 3.05) is 0 Å². The first-order valence-electron chi connectivity index (χ1n) is 9.36. The number of hydrogen-bond acceptors (Lipinski definition) is 4. The summed E-state index contributed by atoms with van der Waals surface area (Å²) >= 11 is 0. The molecule has 140 valence electrons. The van der Waals surface area contributed by atoms with Gasteiger partial charge < -0.3 is 9.73 Å². The zero-order valence-corrected chi connectivity index (χ0v) is 16.0. The molecular formula is C21H24N4O2. The maximum Gasteiger partial charge on any atom is 0.226 e. The van der Waals surface area contributed by atoms with Crippen molar-refractivity contribution in [1.82, 2.24) is 20.1 Å². The maximum atomic E-state index is 12.7. The molecule has 1 atom stereocenters. The van der Waals surface area contributed by atoms with Gasteiger partial charge in [0.25, 0.3) is 0 Å². The fraction of sp³-hybridized carbons (Fsp3) is 0.381. The number of nitrogens with one attached hydrogen (secondary N) is 1. The Bertz CT molecular complexity index is 972. The van der Waals surface area contributed by atoms with E-state index in [1.165, 1.54) is 11.3 Å². The van der Waals surface area contributed by atoms with E-state index < -0.39 is 0 Å². The van der Waals surface area contributed by atoms with Crippen LogP contribution in [-0.2, 0) is 24.7 Å². The van der Waals surface area contributed by atoms with Crippen LogP contribution in [0.2, 0.25) is 0 Å². The molecule has 1 N–H and O–H groups in total. The molecule has 0 bridgehead atoms. The zero-order valence-electron chi connectivity index (χ0n) is 16.0. The first-order chi connectivity index (χ1) is 13.0. The highest BCUT2D eigenvalue weighted by Crippen LogP contribution is 2.32. The lowest BCUT2D eigenvalue weighted by molar-refractivity contribution is -0.121. The van der Waals surface area contributed by atoms with Gasteiger partial charge in [-0.1, -0.05) is 18.2 Å². The van der Waals surface area contributed by atoms with Gasteiger partial charge in [-0.05, 0) is 45.2 Å². The molecule has 3 aromatic rings. The second-order valence-corrected chi connectivity index (χ2v) is 7.15. The van der Waals surface area contributed by atoms with Crippen LogP contribution >= 0.6 is 0 Å². The van der Waals surface area contributed by atoms with Crippen molar-refractivity contribution in [2.24, 2.45) is 7.05 Å². The molecule has 0 radical (unpaired) electrons. The van der Waals surface area contributed by atoms with Gasteiger partial charge in [0.2, 0.25) is 11.8 Å². The number of aromatic nitrogens is 3. The fourth-order valence-electron chi connectivity index (χ4n) is 3.93. The van der Waals surface area contributed by atoms with Gasteiger partial charge in [-0.3, -0.25) is 9.48 Å². The molecule has 0 saturated carbocycles.